The molecule has 6 nitrogen and oxygen atoms in total. The summed E-state index contributed by atoms with van der Waals surface area (Å²) in [6.45, 7) is 1.46. The summed E-state index contributed by atoms with van der Waals surface area (Å²) in [5, 5.41) is 16.6. The van der Waals surface area contributed by atoms with Crippen LogP contribution in [0.5, 0.6) is 5.75 Å². The summed E-state index contributed by atoms with van der Waals surface area (Å²) in [7, 11) is 0. The molecule has 0 spiro atoms. The van der Waals surface area contributed by atoms with Crippen LogP contribution in [0, 0.1) is 0 Å². The van der Waals surface area contributed by atoms with Gasteiger partial charge in [-0.1, -0.05) is 30.3 Å². The topological polar surface area (TPSA) is 91.3 Å². The van der Waals surface area contributed by atoms with Gasteiger partial charge in [0.15, 0.2) is 10.9 Å². The van der Waals surface area contributed by atoms with Gasteiger partial charge >= 0.3 is 0 Å². The van der Waals surface area contributed by atoms with Crippen molar-refractivity contribution in [3.63, 3.8) is 0 Å². The molecule has 0 atom stereocenters. The Labute approximate surface area is 189 Å². The van der Waals surface area contributed by atoms with Gasteiger partial charge in [-0.3, -0.25) is 14.9 Å². The lowest BCUT2D eigenvalue weighted by Crippen LogP contribution is -2.34. The molecule has 0 radical (unpaired) electrons. The Kier molecular flexibility index (Phi) is 5.91. The number of fused-ring (bicyclic) bond motifs is 1. The highest BCUT2D eigenvalue weighted by Gasteiger charge is 2.17. The van der Waals surface area contributed by atoms with E-state index in [2.05, 4.69) is 15.6 Å². The summed E-state index contributed by atoms with van der Waals surface area (Å²) >= 11 is 5.30. The number of nitrogens with zero attached hydrogens (tertiary/aromatic N) is 1. The van der Waals surface area contributed by atoms with Crippen LogP contribution in [0.15, 0.2) is 78.9 Å². The number of aromatic hydroxyl groups is 1. The fourth-order valence-corrected chi connectivity index (χ4v) is 3.53. The molecule has 0 aliphatic carbocycles. The Bertz CT molecular complexity index is 1350. The number of hydrogen-bond acceptors (Lipinski definition) is 5. The number of pyridine rings is 1. The first-order valence-electron chi connectivity index (χ1n) is 9.84. The minimum absolute atomic E-state index is 0.0485. The second-order valence-electron chi connectivity index (χ2n) is 7.13. The van der Waals surface area contributed by atoms with Gasteiger partial charge in [-0.2, -0.15) is 0 Å². The van der Waals surface area contributed by atoms with E-state index in [0.29, 0.717) is 27.7 Å². The zero-order valence-corrected chi connectivity index (χ0v) is 17.9. The Morgan fingerprint density at radius 2 is 1.66 bits per heavy atom. The molecule has 158 valence electrons. The Balaban J connectivity index is 1.77. The molecular weight excluding hydrogens is 422 g/mol. The zero-order valence-electron chi connectivity index (χ0n) is 17.1. The molecule has 4 aromatic rings. The number of rotatable bonds is 4. The van der Waals surface area contributed by atoms with E-state index in [4.69, 9.17) is 12.2 Å². The van der Waals surface area contributed by atoms with Gasteiger partial charge in [0.25, 0.3) is 5.91 Å². The smallest absolute Gasteiger partial charge is 0.258 e. The summed E-state index contributed by atoms with van der Waals surface area (Å²) < 4.78 is 0. The maximum atomic E-state index is 13.2. The molecule has 4 rings (SSSR count). The standard InChI is InChI=1S/C25H19N3O3S/c1-15(29)16-11-12-21-19(13-16)20(14-22(27-21)18-9-5-6-10-23(18)30)24(31)28-25(32)26-17-7-3-2-4-8-17/h2-14,30H,1H3,(H2,26,28,31,32). The monoisotopic (exact) mass is 441 g/mol. The molecule has 32 heavy (non-hydrogen) atoms. The molecular formula is C25H19N3O3S. The molecule has 0 aliphatic heterocycles. The van der Waals surface area contributed by atoms with Crippen LogP contribution in [0.2, 0.25) is 0 Å². The third-order valence-corrected chi connectivity index (χ3v) is 5.10. The molecule has 1 aromatic heterocycles. The van der Waals surface area contributed by atoms with Gasteiger partial charge in [-0.25, -0.2) is 4.98 Å². The Hall–Kier alpha value is -4.10. The second kappa shape index (κ2) is 8.95. The van der Waals surface area contributed by atoms with Crippen LogP contribution >= 0.6 is 12.2 Å². The van der Waals surface area contributed by atoms with Gasteiger partial charge in [0, 0.05) is 22.2 Å². The van der Waals surface area contributed by atoms with Gasteiger partial charge in [-0.15, -0.1) is 0 Å². The van der Waals surface area contributed by atoms with E-state index in [1.165, 1.54) is 6.92 Å². The number of aromatic nitrogens is 1. The van der Waals surface area contributed by atoms with E-state index < -0.39 is 5.91 Å². The predicted octanol–water partition coefficient (Wildman–Crippen LogP) is 4.94. The van der Waals surface area contributed by atoms with E-state index >= 15 is 0 Å². The lowest BCUT2D eigenvalue weighted by atomic mass is 10.0. The highest BCUT2D eigenvalue weighted by Crippen LogP contribution is 2.31. The molecule has 0 saturated carbocycles. The average molecular weight is 442 g/mol. The summed E-state index contributed by atoms with van der Waals surface area (Å²) in [5.74, 6) is -0.528. The quantitative estimate of drug-likeness (QED) is 0.307. The number of ketones is 1. The van der Waals surface area contributed by atoms with Crippen LogP contribution < -0.4 is 10.6 Å². The van der Waals surface area contributed by atoms with E-state index in [0.717, 1.165) is 5.69 Å². The minimum Gasteiger partial charge on any atom is -0.507 e. The fourth-order valence-electron chi connectivity index (χ4n) is 3.32. The van der Waals surface area contributed by atoms with Crippen molar-refractivity contribution >= 4 is 45.6 Å². The number of anilines is 1. The van der Waals surface area contributed by atoms with Crippen molar-refractivity contribution in [2.24, 2.45) is 0 Å². The number of benzene rings is 3. The molecule has 3 N–H and O–H groups in total. The maximum absolute atomic E-state index is 13.2. The molecule has 0 fully saturated rings. The van der Waals surface area contributed by atoms with Crippen molar-refractivity contribution < 1.29 is 14.7 Å². The van der Waals surface area contributed by atoms with E-state index in [9.17, 15) is 14.7 Å². The number of amides is 1. The van der Waals surface area contributed by atoms with Crippen molar-refractivity contribution in [1.82, 2.24) is 10.3 Å². The number of nitrogens with one attached hydrogen (secondary N) is 2. The summed E-state index contributed by atoms with van der Waals surface area (Å²) in [6, 6.07) is 22.6. The summed E-state index contributed by atoms with van der Waals surface area (Å²) in [4.78, 5) is 29.7. The highest BCUT2D eigenvalue weighted by atomic mass is 32.1. The normalized spacial score (nSPS) is 10.5. The van der Waals surface area contributed by atoms with Crippen LogP contribution in [0.3, 0.4) is 0 Å². The van der Waals surface area contributed by atoms with Crippen molar-refractivity contribution in [2.75, 3.05) is 5.32 Å². The fraction of sp³-hybridized carbons (Fsp3) is 0.0400. The molecule has 1 amide bonds. The second-order valence-corrected chi connectivity index (χ2v) is 7.54. The highest BCUT2D eigenvalue weighted by molar-refractivity contribution is 7.80. The van der Waals surface area contributed by atoms with Gasteiger partial charge < -0.3 is 10.4 Å². The summed E-state index contributed by atoms with van der Waals surface area (Å²) in [6.07, 6.45) is 0. The van der Waals surface area contributed by atoms with Gasteiger partial charge in [0.1, 0.15) is 5.75 Å². The predicted molar refractivity (Wildman–Crippen MR) is 129 cm³/mol. The van der Waals surface area contributed by atoms with Crippen LogP contribution in [0.25, 0.3) is 22.2 Å². The summed E-state index contributed by atoms with van der Waals surface area (Å²) in [5.41, 5.74) is 2.93. The number of Topliss-reactive ketones (excluding diaryl/α,β-unsaturated/α-hetero) is 1. The van der Waals surface area contributed by atoms with Gasteiger partial charge in [0.2, 0.25) is 0 Å². The van der Waals surface area contributed by atoms with Crippen LogP contribution in [0.1, 0.15) is 27.6 Å². The van der Waals surface area contributed by atoms with Gasteiger partial charge in [0.05, 0.1) is 16.8 Å². The SMILES string of the molecule is CC(=O)c1ccc2nc(-c3ccccc3O)cc(C(=O)NC(=S)Nc3ccccc3)c2c1. The van der Waals surface area contributed by atoms with Crippen molar-refractivity contribution in [3.05, 3.63) is 90.0 Å². The van der Waals surface area contributed by atoms with E-state index in [1.807, 2.05) is 30.3 Å². The number of thiocarbonyl (C=S) groups is 1. The largest absolute Gasteiger partial charge is 0.507 e. The van der Waals surface area contributed by atoms with Crippen molar-refractivity contribution in [2.45, 2.75) is 6.92 Å². The van der Waals surface area contributed by atoms with Crippen LogP contribution in [-0.2, 0) is 0 Å². The molecule has 0 bridgehead atoms. The number of carbonyl (C=O) groups is 2. The average Bonchev–Trinajstić information content (AvgIpc) is 2.78. The lowest BCUT2D eigenvalue weighted by molar-refractivity contribution is 0.0976. The molecule has 7 heteroatoms. The number of carbonyl (C=O) groups excluding carboxylic acids is 2. The molecule has 0 saturated heterocycles. The van der Waals surface area contributed by atoms with Crippen LogP contribution in [-0.4, -0.2) is 26.9 Å². The Morgan fingerprint density at radius 1 is 0.938 bits per heavy atom. The lowest BCUT2D eigenvalue weighted by Gasteiger charge is -2.13. The van der Waals surface area contributed by atoms with E-state index in [-0.39, 0.29) is 22.2 Å². The van der Waals surface area contributed by atoms with Gasteiger partial charge in [-0.05, 0) is 67.7 Å². The zero-order chi connectivity index (χ0) is 22.7. The van der Waals surface area contributed by atoms with Crippen molar-refractivity contribution in [1.29, 1.82) is 0 Å². The Morgan fingerprint density at radius 3 is 2.38 bits per heavy atom. The third kappa shape index (κ3) is 4.48. The minimum atomic E-state index is -0.455. The molecule has 3 aromatic carbocycles. The first kappa shape index (κ1) is 21.1. The number of hydrogen-bond donors (Lipinski definition) is 3. The number of para-hydroxylation sites is 2. The van der Waals surface area contributed by atoms with Crippen LogP contribution in [0.4, 0.5) is 5.69 Å². The number of phenolic OH excluding ortho intramolecular Hbond substituents is 1. The molecule has 1 heterocycles. The first-order valence-corrected chi connectivity index (χ1v) is 10.2. The first-order chi connectivity index (χ1) is 15.4. The number of phenols is 1. The maximum Gasteiger partial charge on any atom is 0.258 e. The third-order valence-electron chi connectivity index (χ3n) is 4.90. The molecule has 0 unspecified atom stereocenters. The van der Waals surface area contributed by atoms with E-state index in [1.54, 1.807) is 48.5 Å². The molecule has 0 aliphatic rings. The van der Waals surface area contributed by atoms with Crippen molar-refractivity contribution in [3.8, 4) is 17.0 Å².